The SMILES string of the molecule is O=C(CCl)Nc1ccc(Oc2ccccc2Cl)cc1. The van der Waals surface area contributed by atoms with Crippen LogP contribution in [0.1, 0.15) is 0 Å². The normalized spacial score (nSPS) is 10.0. The van der Waals surface area contributed by atoms with Crippen molar-refractivity contribution in [1.29, 1.82) is 0 Å². The number of ether oxygens (including phenoxy) is 1. The van der Waals surface area contributed by atoms with Crippen molar-refractivity contribution in [1.82, 2.24) is 0 Å². The molecule has 3 nitrogen and oxygen atoms in total. The third kappa shape index (κ3) is 3.88. The molecule has 0 aliphatic carbocycles. The number of amides is 1. The first kappa shape index (κ1) is 13.7. The molecule has 0 saturated heterocycles. The summed E-state index contributed by atoms with van der Waals surface area (Å²) in [4.78, 5) is 11.1. The van der Waals surface area contributed by atoms with E-state index in [2.05, 4.69) is 5.32 Å². The Hall–Kier alpha value is -1.71. The second-order valence-corrected chi connectivity index (χ2v) is 4.41. The number of hydrogen-bond acceptors (Lipinski definition) is 2. The number of benzene rings is 2. The molecule has 0 atom stereocenters. The van der Waals surface area contributed by atoms with Gasteiger partial charge in [-0.1, -0.05) is 23.7 Å². The fourth-order valence-electron chi connectivity index (χ4n) is 1.46. The Morgan fingerprint density at radius 3 is 2.42 bits per heavy atom. The van der Waals surface area contributed by atoms with Gasteiger partial charge >= 0.3 is 0 Å². The van der Waals surface area contributed by atoms with Crippen LogP contribution < -0.4 is 10.1 Å². The van der Waals surface area contributed by atoms with E-state index in [1.807, 2.05) is 12.1 Å². The first-order valence-electron chi connectivity index (χ1n) is 5.57. The fraction of sp³-hybridized carbons (Fsp3) is 0.0714. The summed E-state index contributed by atoms with van der Waals surface area (Å²) in [6.45, 7) is 0. The number of hydrogen-bond donors (Lipinski definition) is 1. The molecule has 2 aromatic carbocycles. The molecule has 0 radical (unpaired) electrons. The van der Waals surface area contributed by atoms with Gasteiger partial charge in [0.1, 0.15) is 17.4 Å². The smallest absolute Gasteiger partial charge is 0.239 e. The predicted octanol–water partition coefficient (Wildman–Crippen LogP) is 4.31. The van der Waals surface area contributed by atoms with Crippen LogP contribution in [-0.2, 0) is 4.79 Å². The fourth-order valence-corrected chi connectivity index (χ4v) is 1.70. The van der Waals surface area contributed by atoms with Crippen molar-refractivity contribution in [3.63, 3.8) is 0 Å². The minimum atomic E-state index is -0.249. The number of para-hydroxylation sites is 1. The summed E-state index contributed by atoms with van der Waals surface area (Å²) in [5.74, 6) is 0.901. The Balaban J connectivity index is 2.07. The van der Waals surface area contributed by atoms with Gasteiger partial charge in [-0.25, -0.2) is 0 Å². The number of carbonyl (C=O) groups excluding carboxylic acids is 1. The molecule has 0 fully saturated rings. The molecule has 0 unspecified atom stereocenters. The highest BCUT2D eigenvalue weighted by Crippen LogP contribution is 2.29. The summed E-state index contributed by atoms with van der Waals surface area (Å²) in [5, 5.41) is 3.19. The number of anilines is 1. The molecule has 0 aliphatic rings. The molecule has 1 N–H and O–H groups in total. The Bertz CT molecular complexity index is 570. The van der Waals surface area contributed by atoms with E-state index in [-0.39, 0.29) is 11.8 Å². The number of carbonyl (C=O) groups is 1. The minimum Gasteiger partial charge on any atom is -0.456 e. The standard InChI is InChI=1S/C14H11Cl2NO2/c15-9-14(18)17-10-5-7-11(8-6-10)19-13-4-2-1-3-12(13)16/h1-8H,9H2,(H,17,18). The van der Waals surface area contributed by atoms with E-state index >= 15 is 0 Å². The van der Waals surface area contributed by atoms with Gasteiger partial charge in [-0.3, -0.25) is 4.79 Å². The Morgan fingerprint density at radius 1 is 1.11 bits per heavy atom. The molecule has 0 aliphatic heterocycles. The molecule has 1 amide bonds. The zero-order chi connectivity index (χ0) is 13.7. The summed E-state index contributed by atoms with van der Waals surface area (Å²) < 4.78 is 5.62. The van der Waals surface area contributed by atoms with Crippen molar-refractivity contribution in [2.45, 2.75) is 0 Å². The van der Waals surface area contributed by atoms with E-state index in [4.69, 9.17) is 27.9 Å². The molecule has 0 heterocycles. The third-order valence-corrected chi connectivity index (χ3v) is 2.88. The van der Waals surface area contributed by atoms with Gasteiger partial charge in [-0.15, -0.1) is 11.6 Å². The van der Waals surface area contributed by atoms with E-state index < -0.39 is 0 Å². The Morgan fingerprint density at radius 2 is 1.79 bits per heavy atom. The largest absolute Gasteiger partial charge is 0.456 e. The van der Waals surface area contributed by atoms with Crippen LogP contribution in [0, 0.1) is 0 Å². The summed E-state index contributed by atoms with van der Waals surface area (Å²) in [6.07, 6.45) is 0. The number of alkyl halides is 1. The van der Waals surface area contributed by atoms with Crippen molar-refractivity contribution in [2.75, 3.05) is 11.2 Å². The Kier molecular flexibility index (Phi) is 4.66. The molecule has 0 saturated carbocycles. The lowest BCUT2D eigenvalue weighted by Gasteiger charge is -2.08. The van der Waals surface area contributed by atoms with Gasteiger partial charge in [-0.05, 0) is 36.4 Å². The summed E-state index contributed by atoms with van der Waals surface area (Å²) in [5.41, 5.74) is 0.664. The molecule has 2 aromatic rings. The van der Waals surface area contributed by atoms with E-state index in [0.717, 1.165) is 0 Å². The third-order valence-electron chi connectivity index (χ3n) is 2.32. The maximum absolute atomic E-state index is 11.1. The van der Waals surface area contributed by atoms with Crippen molar-refractivity contribution in [2.24, 2.45) is 0 Å². The highest BCUT2D eigenvalue weighted by molar-refractivity contribution is 6.32. The predicted molar refractivity (Wildman–Crippen MR) is 77.3 cm³/mol. The van der Waals surface area contributed by atoms with Crippen LogP contribution in [-0.4, -0.2) is 11.8 Å². The number of halogens is 2. The summed E-state index contributed by atoms with van der Waals surface area (Å²) in [7, 11) is 0. The zero-order valence-corrected chi connectivity index (χ0v) is 11.4. The van der Waals surface area contributed by atoms with Crippen LogP contribution in [0.15, 0.2) is 48.5 Å². The quantitative estimate of drug-likeness (QED) is 0.854. The molecule has 5 heteroatoms. The first-order valence-corrected chi connectivity index (χ1v) is 6.48. The molecule has 0 bridgehead atoms. The van der Waals surface area contributed by atoms with E-state index in [1.165, 1.54) is 0 Å². The lowest BCUT2D eigenvalue weighted by atomic mass is 10.3. The average Bonchev–Trinajstić information content (AvgIpc) is 2.43. The zero-order valence-electron chi connectivity index (χ0n) is 9.90. The minimum absolute atomic E-state index is 0.0716. The van der Waals surface area contributed by atoms with Gasteiger partial charge in [0.05, 0.1) is 5.02 Å². The van der Waals surface area contributed by atoms with Gasteiger partial charge in [0.25, 0.3) is 0 Å². The monoisotopic (exact) mass is 295 g/mol. The van der Waals surface area contributed by atoms with Crippen LogP contribution in [0.5, 0.6) is 11.5 Å². The van der Waals surface area contributed by atoms with Crippen LogP contribution in [0.25, 0.3) is 0 Å². The molecule has 98 valence electrons. The lowest BCUT2D eigenvalue weighted by Crippen LogP contribution is -2.12. The van der Waals surface area contributed by atoms with E-state index in [9.17, 15) is 4.79 Å². The van der Waals surface area contributed by atoms with E-state index in [0.29, 0.717) is 22.2 Å². The maximum atomic E-state index is 11.1. The second-order valence-electron chi connectivity index (χ2n) is 3.74. The van der Waals surface area contributed by atoms with Crippen molar-refractivity contribution in [3.8, 4) is 11.5 Å². The van der Waals surface area contributed by atoms with Crippen LogP contribution >= 0.6 is 23.2 Å². The molecule has 0 spiro atoms. The van der Waals surface area contributed by atoms with Crippen LogP contribution in [0.4, 0.5) is 5.69 Å². The van der Waals surface area contributed by atoms with Crippen LogP contribution in [0.3, 0.4) is 0 Å². The van der Waals surface area contributed by atoms with Gasteiger partial charge in [-0.2, -0.15) is 0 Å². The van der Waals surface area contributed by atoms with Crippen molar-refractivity contribution < 1.29 is 9.53 Å². The highest BCUT2D eigenvalue weighted by Gasteiger charge is 2.03. The molecular weight excluding hydrogens is 285 g/mol. The van der Waals surface area contributed by atoms with Gasteiger partial charge in [0.15, 0.2) is 0 Å². The average molecular weight is 296 g/mol. The van der Waals surface area contributed by atoms with Gasteiger partial charge in [0.2, 0.25) is 5.91 Å². The van der Waals surface area contributed by atoms with E-state index in [1.54, 1.807) is 36.4 Å². The molecular formula is C14H11Cl2NO2. The summed E-state index contributed by atoms with van der Waals surface area (Å²) >= 11 is 11.4. The molecule has 2 rings (SSSR count). The Labute approximate surface area is 121 Å². The van der Waals surface area contributed by atoms with Crippen molar-refractivity contribution in [3.05, 3.63) is 53.6 Å². The van der Waals surface area contributed by atoms with Crippen LogP contribution in [0.2, 0.25) is 5.02 Å². The first-order chi connectivity index (χ1) is 9.19. The number of nitrogens with one attached hydrogen (secondary N) is 1. The van der Waals surface area contributed by atoms with Gasteiger partial charge in [0, 0.05) is 5.69 Å². The second kappa shape index (κ2) is 6.45. The lowest BCUT2D eigenvalue weighted by molar-refractivity contribution is -0.113. The summed E-state index contributed by atoms with van der Waals surface area (Å²) in [6, 6.07) is 14.2. The maximum Gasteiger partial charge on any atom is 0.239 e. The van der Waals surface area contributed by atoms with Crippen molar-refractivity contribution >= 4 is 34.8 Å². The number of rotatable bonds is 4. The molecule has 19 heavy (non-hydrogen) atoms. The van der Waals surface area contributed by atoms with Gasteiger partial charge < -0.3 is 10.1 Å². The molecule has 0 aromatic heterocycles. The topological polar surface area (TPSA) is 38.3 Å². The highest BCUT2D eigenvalue weighted by atomic mass is 35.5.